The lowest BCUT2D eigenvalue weighted by Gasteiger charge is -2.00. The summed E-state index contributed by atoms with van der Waals surface area (Å²) in [6.07, 6.45) is 7.07. The molecular formula is C14H21N. The van der Waals surface area contributed by atoms with Crippen molar-refractivity contribution in [3.63, 3.8) is 0 Å². The lowest BCUT2D eigenvalue weighted by atomic mass is 10.1. The number of rotatable bonds is 6. The Hall–Kier alpha value is -1.11. The van der Waals surface area contributed by atoms with Gasteiger partial charge in [0.05, 0.1) is 6.54 Å². The van der Waals surface area contributed by atoms with Crippen LogP contribution >= 0.6 is 0 Å². The number of aliphatic imine (C=N–C) groups is 1. The lowest BCUT2D eigenvalue weighted by Crippen LogP contribution is -1.87. The molecule has 0 amide bonds. The maximum atomic E-state index is 4.45. The van der Waals surface area contributed by atoms with Gasteiger partial charge < -0.3 is 0 Å². The molecule has 0 bridgehead atoms. The third-order valence-electron chi connectivity index (χ3n) is 2.59. The van der Waals surface area contributed by atoms with Crippen LogP contribution in [0.1, 0.15) is 43.7 Å². The highest BCUT2D eigenvalue weighted by Crippen LogP contribution is 2.07. The molecule has 15 heavy (non-hydrogen) atoms. The van der Waals surface area contributed by atoms with E-state index in [-0.39, 0.29) is 0 Å². The molecule has 0 fully saturated rings. The summed E-state index contributed by atoms with van der Waals surface area (Å²) in [5, 5.41) is 0. The SMILES string of the molecule is CCCCCC=NCc1ccccc1C. The molecule has 0 aliphatic heterocycles. The van der Waals surface area contributed by atoms with Crippen LogP contribution < -0.4 is 0 Å². The van der Waals surface area contributed by atoms with Crippen molar-refractivity contribution < 1.29 is 0 Å². The van der Waals surface area contributed by atoms with Gasteiger partial charge in [-0.25, -0.2) is 0 Å². The van der Waals surface area contributed by atoms with E-state index in [0.29, 0.717) is 0 Å². The highest BCUT2D eigenvalue weighted by molar-refractivity contribution is 5.57. The maximum absolute atomic E-state index is 4.45. The quantitative estimate of drug-likeness (QED) is 0.486. The van der Waals surface area contributed by atoms with E-state index in [0.717, 1.165) is 13.0 Å². The number of hydrogen-bond donors (Lipinski definition) is 0. The molecule has 1 nitrogen and oxygen atoms in total. The van der Waals surface area contributed by atoms with Crippen LogP contribution in [0.15, 0.2) is 29.3 Å². The van der Waals surface area contributed by atoms with Gasteiger partial charge in [0, 0.05) is 0 Å². The Morgan fingerprint density at radius 1 is 1.20 bits per heavy atom. The van der Waals surface area contributed by atoms with E-state index < -0.39 is 0 Å². The van der Waals surface area contributed by atoms with Crippen molar-refractivity contribution in [1.29, 1.82) is 0 Å². The first kappa shape index (κ1) is 12.0. The molecule has 1 heteroatoms. The molecule has 82 valence electrons. The minimum absolute atomic E-state index is 0.832. The van der Waals surface area contributed by atoms with Crippen molar-refractivity contribution in [3.8, 4) is 0 Å². The predicted octanol–water partition coefficient (Wildman–Crippen LogP) is 4.15. The van der Waals surface area contributed by atoms with Crippen LogP contribution in [-0.4, -0.2) is 6.21 Å². The summed E-state index contributed by atoms with van der Waals surface area (Å²) in [5.41, 5.74) is 2.67. The van der Waals surface area contributed by atoms with Crippen molar-refractivity contribution in [2.24, 2.45) is 4.99 Å². The Kier molecular flexibility index (Phi) is 5.76. The molecule has 0 aliphatic carbocycles. The average Bonchev–Trinajstić information content (AvgIpc) is 2.25. The van der Waals surface area contributed by atoms with Crippen molar-refractivity contribution in [1.82, 2.24) is 0 Å². The fraction of sp³-hybridized carbons (Fsp3) is 0.500. The highest BCUT2D eigenvalue weighted by atomic mass is 14.7. The van der Waals surface area contributed by atoms with Gasteiger partial charge in [0.25, 0.3) is 0 Å². The third kappa shape index (κ3) is 4.78. The van der Waals surface area contributed by atoms with Gasteiger partial charge in [0.2, 0.25) is 0 Å². The Balaban J connectivity index is 2.28. The molecule has 0 atom stereocenters. The second kappa shape index (κ2) is 7.22. The fourth-order valence-electron chi connectivity index (χ4n) is 1.53. The van der Waals surface area contributed by atoms with Crippen LogP contribution in [0.2, 0.25) is 0 Å². The van der Waals surface area contributed by atoms with Gasteiger partial charge in [-0.3, -0.25) is 4.99 Å². The van der Waals surface area contributed by atoms with E-state index in [2.05, 4.69) is 49.3 Å². The van der Waals surface area contributed by atoms with E-state index in [4.69, 9.17) is 0 Å². The van der Waals surface area contributed by atoms with Gasteiger partial charge in [-0.1, -0.05) is 44.0 Å². The van der Waals surface area contributed by atoms with Crippen molar-refractivity contribution >= 4 is 6.21 Å². The number of hydrogen-bond acceptors (Lipinski definition) is 1. The average molecular weight is 203 g/mol. The molecule has 0 unspecified atom stereocenters. The first-order valence-corrected chi connectivity index (χ1v) is 5.87. The Bertz CT molecular complexity index is 302. The lowest BCUT2D eigenvalue weighted by molar-refractivity contribution is 0.745. The first-order chi connectivity index (χ1) is 7.34. The first-order valence-electron chi connectivity index (χ1n) is 5.87. The van der Waals surface area contributed by atoms with Crippen LogP contribution in [0.4, 0.5) is 0 Å². The number of benzene rings is 1. The normalized spacial score (nSPS) is 11.1. The minimum Gasteiger partial charge on any atom is -0.293 e. The summed E-state index contributed by atoms with van der Waals surface area (Å²) in [7, 11) is 0. The molecule has 0 saturated heterocycles. The topological polar surface area (TPSA) is 12.4 Å². The van der Waals surface area contributed by atoms with Gasteiger partial charge >= 0.3 is 0 Å². The van der Waals surface area contributed by atoms with Crippen LogP contribution in [-0.2, 0) is 6.54 Å². The second-order valence-electron chi connectivity index (χ2n) is 3.95. The van der Waals surface area contributed by atoms with Gasteiger partial charge in [-0.15, -0.1) is 0 Å². The molecule has 1 rings (SSSR count). The molecule has 1 aromatic rings. The van der Waals surface area contributed by atoms with Crippen molar-refractivity contribution in [3.05, 3.63) is 35.4 Å². The molecular weight excluding hydrogens is 182 g/mol. The van der Waals surface area contributed by atoms with Crippen LogP contribution in [0.25, 0.3) is 0 Å². The summed E-state index contributed by atoms with van der Waals surface area (Å²) in [6, 6.07) is 8.44. The summed E-state index contributed by atoms with van der Waals surface area (Å²) >= 11 is 0. The summed E-state index contributed by atoms with van der Waals surface area (Å²) in [6.45, 7) is 5.20. The molecule has 0 aromatic heterocycles. The van der Waals surface area contributed by atoms with E-state index in [1.807, 2.05) is 0 Å². The molecule has 1 aromatic carbocycles. The van der Waals surface area contributed by atoms with E-state index in [1.165, 1.54) is 30.4 Å². The van der Waals surface area contributed by atoms with E-state index >= 15 is 0 Å². The van der Waals surface area contributed by atoms with E-state index in [1.54, 1.807) is 0 Å². The monoisotopic (exact) mass is 203 g/mol. The molecule has 0 heterocycles. The number of aryl methyl sites for hydroxylation is 1. The zero-order valence-corrected chi connectivity index (χ0v) is 9.87. The number of nitrogens with zero attached hydrogens (tertiary/aromatic N) is 1. The van der Waals surface area contributed by atoms with E-state index in [9.17, 15) is 0 Å². The Morgan fingerprint density at radius 2 is 2.00 bits per heavy atom. The van der Waals surface area contributed by atoms with Crippen molar-refractivity contribution in [2.75, 3.05) is 0 Å². The van der Waals surface area contributed by atoms with Crippen LogP contribution in [0, 0.1) is 6.92 Å². The fourth-order valence-corrected chi connectivity index (χ4v) is 1.53. The van der Waals surface area contributed by atoms with Gasteiger partial charge in [-0.05, 0) is 37.1 Å². The second-order valence-corrected chi connectivity index (χ2v) is 3.95. The third-order valence-corrected chi connectivity index (χ3v) is 2.59. The van der Waals surface area contributed by atoms with Crippen LogP contribution in [0.5, 0.6) is 0 Å². The highest BCUT2D eigenvalue weighted by Gasteiger charge is 1.93. The summed E-state index contributed by atoms with van der Waals surface area (Å²) < 4.78 is 0. The Labute approximate surface area is 93.2 Å². The molecule has 0 N–H and O–H groups in total. The standard InChI is InChI=1S/C14H21N/c1-3-4-5-8-11-15-12-14-10-7-6-9-13(14)2/h6-7,9-11H,3-5,8,12H2,1-2H3. The van der Waals surface area contributed by atoms with Gasteiger partial charge in [0.15, 0.2) is 0 Å². The predicted molar refractivity (Wildman–Crippen MR) is 67.5 cm³/mol. The zero-order chi connectivity index (χ0) is 10.9. The van der Waals surface area contributed by atoms with Gasteiger partial charge in [0.1, 0.15) is 0 Å². The molecule has 0 radical (unpaired) electrons. The minimum atomic E-state index is 0.832. The summed E-state index contributed by atoms with van der Waals surface area (Å²) in [5.74, 6) is 0. The van der Waals surface area contributed by atoms with Crippen LogP contribution in [0.3, 0.4) is 0 Å². The molecule has 0 aliphatic rings. The maximum Gasteiger partial charge on any atom is 0.0638 e. The molecule has 0 spiro atoms. The van der Waals surface area contributed by atoms with Gasteiger partial charge in [-0.2, -0.15) is 0 Å². The van der Waals surface area contributed by atoms with Crippen molar-refractivity contribution in [2.45, 2.75) is 46.1 Å². The molecule has 0 saturated carbocycles. The smallest absolute Gasteiger partial charge is 0.0638 e. The Morgan fingerprint density at radius 3 is 2.73 bits per heavy atom. The number of unbranched alkanes of at least 4 members (excludes halogenated alkanes) is 3. The summed E-state index contributed by atoms with van der Waals surface area (Å²) in [4.78, 5) is 4.45. The zero-order valence-electron chi connectivity index (χ0n) is 9.87. The largest absolute Gasteiger partial charge is 0.293 e.